The summed E-state index contributed by atoms with van der Waals surface area (Å²) in [4.78, 5) is 16.9. The van der Waals surface area contributed by atoms with Crippen LogP contribution in [0, 0.1) is 0 Å². The Kier molecular flexibility index (Phi) is 6.07. The maximum atomic E-state index is 12.1. The van der Waals surface area contributed by atoms with Crippen molar-refractivity contribution in [2.24, 2.45) is 0 Å². The van der Waals surface area contributed by atoms with Crippen LogP contribution < -0.4 is 5.32 Å². The van der Waals surface area contributed by atoms with Gasteiger partial charge in [-0.1, -0.05) is 0 Å². The molecule has 1 aromatic heterocycles. The first kappa shape index (κ1) is 16.6. The van der Waals surface area contributed by atoms with Crippen molar-refractivity contribution in [2.75, 3.05) is 13.1 Å². The van der Waals surface area contributed by atoms with Gasteiger partial charge in [0.2, 0.25) is 0 Å². The highest BCUT2D eigenvalue weighted by molar-refractivity contribution is 5.68. The number of amides is 1. The molecule has 0 aliphatic rings. The molecule has 5 heteroatoms. The third-order valence-electron chi connectivity index (χ3n) is 2.77. The van der Waals surface area contributed by atoms with Crippen LogP contribution >= 0.6 is 0 Å². The SMILES string of the molecule is CC(C)N(CCNCc1cc[nH]c1)C(=O)OC(C)(C)C. The largest absolute Gasteiger partial charge is 0.444 e. The molecule has 0 spiro atoms. The van der Waals surface area contributed by atoms with E-state index in [1.165, 1.54) is 5.56 Å². The van der Waals surface area contributed by atoms with Gasteiger partial charge in [-0.25, -0.2) is 4.79 Å². The second-order valence-corrected chi connectivity index (χ2v) is 6.16. The Labute approximate surface area is 121 Å². The van der Waals surface area contributed by atoms with Crippen LogP contribution in [0.3, 0.4) is 0 Å². The summed E-state index contributed by atoms with van der Waals surface area (Å²) in [7, 11) is 0. The van der Waals surface area contributed by atoms with Crippen LogP contribution in [0.5, 0.6) is 0 Å². The number of hydrogen-bond acceptors (Lipinski definition) is 3. The average molecular weight is 281 g/mol. The Hall–Kier alpha value is -1.49. The van der Waals surface area contributed by atoms with E-state index in [4.69, 9.17) is 4.74 Å². The summed E-state index contributed by atoms with van der Waals surface area (Å²) in [6.07, 6.45) is 3.61. The molecule has 2 N–H and O–H groups in total. The van der Waals surface area contributed by atoms with Crippen LogP contribution in [0.1, 0.15) is 40.2 Å². The van der Waals surface area contributed by atoms with Crippen molar-refractivity contribution in [1.82, 2.24) is 15.2 Å². The number of nitrogens with zero attached hydrogens (tertiary/aromatic N) is 1. The fourth-order valence-electron chi connectivity index (χ4n) is 1.78. The molecule has 0 aliphatic carbocycles. The van der Waals surface area contributed by atoms with E-state index < -0.39 is 5.60 Å². The third-order valence-corrected chi connectivity index (χ3v) is 2.77. The van der Waals surface area contributed by atoms with Gasteiger partial charge in [-0.05, 0) is 46.2 Å². The summed E-state index contributed by atoms with van der Waals surface area (Å²) in [6.45, 7) is 11.8. The lowest BCUT2D eigenvalue weighted by Gasteiger charge is -2.30. The quantitative estimate of drug-likeness (QED) is 0.788. The number of nitrogens with one attached hydrogen (secondary N) is 2. The van der Waals surface area contributed by atoms with E-state index >= 15 is 0 Å². The van der Waals surface area contributed by atoms with Gasteiger partial charge in [0.15, 0.2) is 0 Å². The van der Waals surface area contributed by atoms with Gasteiger partial charge in [-0.2, -0.15) is 0 Å². The van der Waals surface area contributed by atoms with Gasteiger partial charge in [0.25, 0.3) is 0 Å². The molecule has 0 saturated heterocycles. The smallest absolute Gasteiger partial charge is 0.410 e. The van der Waals surface area contributed by atoms with Crippen molar-refractivity contribution in [2.45, 2.75) is 52.8 Å². The molecule has 0 aromatic carbocycles. The van der Waals surface area contributed by atoms with Crippen LogP contribution in [-0.2, 0) is 11.3 Å². The lowest BCUT2D eigenvalue weighted by Crippen LogP contribution is -2.44. The molecule has 1 rings (SSSR count). The lowest BCUT2D eigenvalue weighted by atomic mass is 10.2. The van der Waals surface area contributed by atoms with Gasteiger partial charge >= 0.3 is 6.09 Å². The molecule has 0 saturated carbocycles. The summed E-state index contributed by atoms with van der Waals surface area (Å²) >= 11 is 0. The predicted octanol–water partition coefficient (Wildman–Crippen LogP) is 2.75. The van der Waals surface area contributed by atoms with Crippen molar-refractivity contribution >= 4 is 6.09 Å². The zero-order valence-corrected chi connectivity index (χ0v) is 13.2. The molecule has 20 heavy (non-hydrogen) atoms. The fourth-order valence-corrected chi connectivity index (χ4v) is 1.78. The van der Waals surface area contributed by atoms with E-state index in [0.29, 0.717) is 6.54 Å². The molecule has 0 aliphatic heterocycles. The van der Waals surface area contributed by atoms with Gasteiger partial charge in [0.05, 0.1) is 0 Å². The van der Waals surface area contributed by atoms with Crippen LogP contribution in [0.4, 0.5) is 4.79 Å². The molecule has 0 unspecified atom stereocenters. The Bertz CT molecular complexity index is 394. The van der Waals surface area contributed by atoms with E-state index in [1.807, 2.05) is 53.1 Å². The third kappa shape index (κ3) is 6.10. The number of ether oxygens (including phenoxy) is 1. The predicted molar refractivity (Wildman–Crippen MR) is 80.6 cm³/mol. The lowest BCUT2D eigenvalue weighted by molar-refractivity contribution is 0.0193. The average Bonchev–Trinajstić information content (AvgIpc) is 2.78. The van der Waals surface area contributed by atoms with Gasteiger partial charge in [-0.15, -0.1) is 0 Å². The summed E-state index contributed by atoms with van der Waals surface area (Å²) in [5, 5.41) is 3.32. The van der Waals surface area contributed by atoms with Crippen molar-refractivity contribution in [3.05, 3.63) is 24.0 Å². The number of carbonyl (C=O) groups is 1. The normalized spacial score (nSPS) is 11.7. The first-order valence-corrected chi connectivity index (χ1v) is 7.11. The van der Waals surface area contributed by atoms with Crippen molar-refractivity contribution in [3.8, 4) is 0 Å². The van der Waals surface area contributed by atoms with Crippen molar-refractivity contribution in [3.63, 3.8) is 0 Å². The maximum Gasteiger partial charge on any atom is 0.410 e. The molecule has 1 heterocycles. The molecule has 0 radical (unpaired) electrons. The number of rotatable bonds is 6. The molecular formula is C15H27N3O2. The maximum absolute atomic E-state index is 12.1. The van der Waals surface area contributed by atoms with Crippen LogP contribution in [0.15, 0.2) is 18.5 Å². The minimum atomic E-state index is -0.456. The van der Waals surface area contributed by atoms with Crippen molar-refractivity contribution < 1.29 is 9.53 Å². The summed E-state index contributed by atoms with van der Waals surface area (Å²) in [5.74, 6) is 0. The van der Waals surface area contributed by atoms with E-state index in [0.717, 1.165) is 13.1 Å². The highest BCUT2D eigenvalue weighted by Crippen LogP contribution is 2.11. The zero-order valence-electron chi connectivity index (χ0n) is 13.2. The number of H-pyrrole nitrogens is 1. The minimum absolute atomic E-state index is 0.124. The number of aromatic nitrogens is 1. The second kappa shape index (κ2) is 7.33. The highest BCUT2D eigenvalue weighted by atomic mass is 16.6. The highest BCUT2D eigenvalue weighted by Gasteiger charge is 2.23. The number of aromatic amines is 1. The first-order chi connectivity index (χ1) is 9.29. The van der Waals surface area contributed by atoms with Crippen LogP contribution in [0.2, 0.25) is 0 Å². The Morgan fingerprint density at radius 1 is 1.45 bits per heavy atom. The summed E-state index contributed by atoms with van der Waals surface area (Å²) in [6, 6.07) is 2.15. The Balaban J connectivity index is 2.37. The van der Waals surface area contributed by atoms with E-state index in [2.05, 4.69) is 10.3 Å². The molecule has 5 nitrogen and oxygen atoms in total. The first-order valence-electron chi connectivity index (χ1n) is 7.11. The Morgan fingerprint density at radius 3 is 2.65 bits per heavy atom. The zero-order chi connectivity index (χ0) is 15.2. The van der Waals surface area contributed by atoms with Gasteiger partial charge in [-0.3, -0.25) is 0 Å². The molecular weight excluding hydrogens is 254 g/mol. The van der Waals surface area contributed by atoms with E-state index in [-0.39, 0.29) is 12.1 Å². The second-order valence-electron chi connectivity index (χ2n) is 6.16. The molecule has 0 atom stereocenters. The standard InChI is InChI=1S/C15H27N3O2/c1-12(2)18(14(19)20-15(3,4)5)9-8-17-11-13-6-7-16-10-13/h6-7,10,12,16-17H,8-9,11H2,1-5H3. The number of hydrogen-bond donors (Lipinski definition) is 2. The van der Waals surface area contributed by atoms with Crippen molar-refractivity contribution in [1.29, 1.82) is 0 Å². The van der Waals surface area contributed by atoms with E-state index in [9.17, 15) is 4.79 Å². The molecule has 0 fully saturated rings. The molecule has 1 aromatic rings. The fraction of sp³-hybridized carbons (Fsp3) is 0.667. The van der Waals surface area contributed by atoms with Crippen LogP contribution in [-0.4, -0.2) is 40.7 Å². The Morgan fingerprint density at radius 2 is 2.15 bits per heavy atom. The molecule has 114 valence electrons. The molecule has 1 amide bonds. The topological polar surface area (TPSA) is 57.4 Å². The summed E-state index contributed by atoms with van der Waals surface area (Å²) < 4.78 is 5.42. The number of carbonyl (C=O) groups excluding carboxylic acids is 1. The monoisotopic (exact) mass is 281 g/mol. The van der Waals surface area contributed by atoms with Crippen LogP contribution in [0.25, 0.3) is 0 Å². The summed E-state index contributed by atoms with van der Waals surface area (Å²) in [5.41, 5.74) is 0.751. The minimum Gasteiger partial charge on any atom is -0.444 e. The van der Waals surface area contributed by atoms with Gasteiger partial charge in [0, 0.05) is 38.1 Å². The molecule has 0 bridgehead atoms. The van der Waals surface area contributed by atoms with Gasteiger partial charge in [0.1, 0.15) is 5.60 Å². The van der Waals surface area contributed by atoms with E-state index in [1.54, 1.807) is 4.90 Å². The van der Waals surface area contributed by atoms with Gasteiger partial charge < -0.3 is 19.9 Å².